The van der Waals surface area contributed by atoms with Crippen LogP contribution in [0.3, 0.4) is 0 Å². The normalized spacial score (nSPS) is 16.1. The second-order valence-electron chi connectivity index (χ2n) is 4.70. The zero-order chi connectivity index (χ0) is 12.0. The molecule has 88 valence electrons. The molecule has 1 saturated carbocycles. The SMILES string of the molecule is Cc1cn(C2CCC2)c2ncc(C(=O)O)cc12. The van der Waals surface area contributed by atoms with Crippen LogP contribution in [0.15, 0.2) is 18.5 Å². The van der Waals surface area contributed by atoms with Crippen molar-refractivity contribution in [3.63, 3.8) is 0 Å². The van der Waals surface area contributed by atoms with Gasteiger partial charge < -0.3 is 9.67 Å². The third kappa shape index (κ3) is 1.52. The van der Waals surface area contributed by atoms with E-state index in [0.29, 0.717) is 6.04 Å². The van der Waals surface area contributed by atoms with Gasteiger partial charge in [0, 0.05) is 23.8 Å². The average molecular weight is 230 g/mol. The van der Waals surface area contributed by atoms with Crippen molar-refractivity contribution in [1.29, 1.82) is 0 Å². The number of nitrogens with zero attached hydrogens (tertiary/aromatic N) is 2. The van der Waals surface area contributed by atoms with E-state index in [2.05, 4.69) is 15.7 Å². The van der Waals surface area contributed by atoms with Crippen molar-refractivity contribution in [3.05, 3.63) is 29.6 Å². The number of aryl methyl sites for hydroxylation is 1. The van der Waals surface area contributed by atoms with Crippen molar-refractivity contribution in [3.8, 4) is 0 Å². The molecule has 2 aromatic heterocycles. The van der Waals surface area contributed by atoms with E-state index in [-0.39, 0.29) is 5.56 Å². The van der Waals surface area contributed by atoms with Crippen LogP contribution in [0.5, 0.6) is 0 Å². The summed E-state index contributed by atoms with van der Waals surface area (Å²) in [5, 5.41) is 9.92. The third-order valence-corrected chi connectivity index (χ3v) is 3.58. The van der Waals surface area contributed by atoms with Gasteiger partial charge in [0.15, 0.2) is 0 Å². The maximum Gasteiger partial charge on any atom is 0.337 e. The minimum atomic E-state index is -0.921. The van der Waals surface area contributed by atoms with Crippen LogP contribution >= 0.6 is 0 Å². The van der Waals surface area contributed by atoms with Gasteiger partial charge in [-0.3, -0.25) is 0 Å². The highest BCUT2D eigenvalue weighted by Crippen LogP contribution is 2.35. The first kappa shape index (κ1) is 10.3. The second-order valence-corrected chi connectivity index (χ2v) is 4.70. The van der Waals surface area contributed by atoms with Crippen LogP contribution < -0.4 is 0 Å². The Morgan fingerprint density at radius 2 is 2.29 bits per heavy atom. The lowest BCUT2D eigenvalue weighted by atomic mass is 9.93. The monoisotopic (exact) mass is 230 g/mol. The third-order valence-electron chi connectivity index (χ3n) is 3.58. The molecule has 0 radical (unpaired) electrons. The Kier molecular flexibility index (Phi) is 2.18. The van der Waals surface area contributed by atoms with Gasteiger partial charge in [0.2, 0.25) is 0 Å². The van der Waals surface area contributed by atoms with Gasteiger partial charge >= 0.3 is 5.97 Å². The largest absolute Gasteiger partial charge is 0.478 e. The molecule has 2 aromatic rings. The molecule has 4 nitrogen and oxygen atoms in total. The number of hydrogen-bond donors (Lipinski definition) is 1. The van der Waals surface area contributed by atoms with Crippen molar-refractivity contribution < 1.29 is 9.90 Å². The lowest BCUT2D eigenvalue weighted by molar-refractivity contribution is 0.0696. The van der Waals surface area contributed by atoms with Crippen LogP contribution in [-0.2, 0) is 0 Å². The number of rotatable bonds is 2. The molecular formula is C13H14N2O2. The highest BCUT2D eigenvalue weighted by Gasteiger charge is 2.22. The summed E-state index contributed by atoms with van der Waals surface area (Å²) in [5.74, 6) is -0.921. The van der Waals surface area contributed by atoms with Crippen LogP contribution in [0, 0.1) is 6.92 Å². The Bertz CT molecular complexity index is 597. The number of pyridine rings is 1. The Morgan fingerprint density at radius 1 is 1.53 bits per heavy atom. The Morgan fingerprint density at radius 3 is 2.88 bits per heavy atom. The molecule has 2 heterocycles. The molecule has 0 amide bonds. The van der Waals surface area contributed by atoms with Gasteiger partial charge in [-0.15, -0.1) is 0 Å². The highest BCUT2D eigenvalue weighted by atomic mass is 16.4. The quantitative estimate of drug-likeness (QED) is 0.863. The molecule has 17 heavy (non-hydrogen) atoms. The molecular weight excluding hydrogens is 216 g/mol. The number of aromatic carboxylic acids is 1. The zero-order valence-electron chi connectivity index (χ0n) is 9.68. The molecule has 0 atom stereocenters. The van der Waals surface area contributed by atoms with Gasteiger partial charge in [-0.1, -0.05) is 0 Å². The lowest BCUT2D eigenvalue weighted by Crippen LogP contribution is -2.16. The Labute approximate surface area is 98.9 Å². The fourth-order valence-corrected chi connectivity index (χ4v) is 2.35. The van der Waals surface area contributed by atoms with E-state index in [1.54, 1.807) is 6.07 Å². The summed E-state index contributed by atoms with van der Waals surface area (Å²) in [4.78, 5) is 15.2. The van der Waals surface area contributed by atoms with Gasteiger partial charge in [-0.2, -0.15) is 0 Å². The summed E-state index contributed by atoms with van der Waals surface area (Å²) in [7, 11) is 0. The molecule has 0 aliphatic heterocycles. The summed E-state index contributed by atoms with van der Waals surface area (Å²) in [6.45, 7) is 2.00. The minimum Gasteiger partial charge on any atom is -0.478 e. The number of carboxylic acids is 1. The molecule has 0 spiro atoms. The topological polar surface area (TPSA) is 55.1 Å². The summed E-state index contributed by atoms with van der Waals surface area (Å²) < 4.78 is 2.19. The molecule has 0 saturated heterocycles. The van der Waals surface area contributed by atoms with Crippen LogP contribution in [0.4, 0.5) is 0 Å². The standard InChI is InChI=1S/C13H14N2O2/c1-8-7-15(10-3-2-4-10)12-11(8)5-9(6-14-12)13(16)17/h5-7,10H,2-4H2,1H3,(H,16,17). The van der Waals surface area contributed by atoms with E-state index in [1.807, 2.05) is 6.92 Å². The van der Waals surface area contributed by atoms with E-state index < -0.39 is 5.97 Å². The van der Waals surface area contributed by atoms with E-state index in [1.165, 1.54) is 25.5 Å². The number of carbonyl (C=O) groups is 1. The first-order valence-corrected chi connectivity index (χ1v) is 5.87. The van der Waals surface area contributed by atoms with Gasteiger partial charge in [-0.25, -0.2) is 9.78 Å². The van der Waals surface area contributed by atoms with Gasteiger partial charge in [-0.05, 0) is 37.8 Å². The zero-order valence-corrected chi connectivity index (χ0v) is 9.68. The summed E-state index contributed by atoms with van der Waals surface area (Å²) in [5.41, 5.74) is 2.27. The van der Waals surface area contributed by atoms with Crippen LogP contribution in [0.1, 0.15) is 41.2 Å². The smallest absolute Gasteiger partial charge is 0.337 e. The number of aromatic nitrogens is 2. The van der Waals surface area contributed by atoms with E-state index in [9.17, 15) is 4.79 Å². The summed E-state index contributed by atoms with van der Waals surface area (Å²) in [6, 6.07) is 2.27. The molecule has 3 rings (SSSR count). The summed E-state index contributed by atoms with van der Waals surface area (Å²) >= 11 is 0. The minimum absolute atomic E-state index is 0.256. The fraction of sp³-hybridized carbons (Fsp3) is 0.385. The predicted octanol–water partition coefficient (Wildman–Crippen LogP) is 2.77. The average Bonchev–Trinajstić information content (AvgIpc) is 2.54. The first-order valence-electron chi connectivity index (χ1n) is 5.87. The predicted molar refractivity (Wildman–Crippen MR) is 64.3 cm³/mol. The first-order chi connectivity index (χ1) is 8.16. The van der Waals surface area contributed by atoms with Crippen LogP contribution in [-0.4, -0.2) is 20.6 Å². The fourth-order valence-electron chi connectivity index (χ4n) is 2.35. The Hall–Kier alpha value is -1.84. The van der Waals surface area contributed by atoms with Crippen molar-refractivity contribution in [2.75, 3.05) is 0 Å². The number of fused-ring (bicyclic) bond motifs is 1. The molecule has 0 unspecified atom stereocenters. The van der Waals surface area contributed by atoms with Gasteiger partial charge in [0.1, 0.15) is 5.65 Å². The second kappa shape index (κ2) is 3.58. The maximum absolute atomic E-state index is 10.9. The molecule has 4 heteroatoms. The van der Waals surface area contributed by atoms with Crippen molar-refractivity contribution in [2.45, 2.75) is 32.2 Å². The lowest BCUT2D eigenvalue weighted by Gasteiger charge is -2.27. The summed E-state index contributed by atoms with van der Waals surface area (Å²) in [6.07, 6.45) is 7.21. The molecule has 0 bridgehead atoms. The highest BCUT2D eigenvalue weighted by molar-refractivity contribution is 5.93. The molecule has 1 fully saturated rings. The van der Waals surface area contributed by atoms with Crippen LogP contribution in [0.2, 0.25) is 0 Å². The molecule has 0 aromatic carbocycles. The number of hydrogen-bond acceptors (Lipinski definition) is 2. The van der Waals surface area contributed by atoms with E-state index in [4.69, 9.17) is 5.11 Å². The van der Waals surface area contributed by atoms with Crippen molar-refractivity contribution >= 4 is 17.0 Å². The molecule has 1 N–H and O–H groups in total. The van der Waals surface area contributed by atoms with E-state index in [0.717, 1.165) is 16.6 Å². The van der Waals surface area contributed by atoms with Crippen molar-refractivity contribution in [1.82, 2.24) is 9.55 Å². The number of carboxylic acid groups (broad SMARTS) is 1. The van der Waals surface area contributed by atoms with Gasteiger partial charge in [0.05, 0.1) is 5.56 Å². The van der Waals surface area contributed by atoms with Gasteiger partial charge in [0.25, 0.3) is 0 Å². The Balaban J connectivity index is 2.17. The maximum atomic E-state index is 10.9. The molecule has 1 aliphatic rings. The van der Waals surface area contributed by atoms with Crippen molar-refractivity contribution in [2.24, 2.45) is 0 Å². The van der Waals surface area contributed by atoms with Crippen LogP contribution in [0.25, 0.3) is 11.0 Å². The van der Waals surface area contributed by atoms with E-state index >= 15 is 0 Å². The molecule has 1 aliphatic carbocycles.